The maximum absolute atomic E-state index is 2.46. The Bertz CT molecular complexity index is 129. The van der Waals surface area contributed by atoms with Crippen LogP contribution in [0.25, 0.3) is 0 Å². The molecule has 0 aromatic rings. The Balaban J connectivity index is 2.49. The van der Waals surface area contributed by atoms with Crippen LogP contribution in [0.3, 0.4) is 0 Å². The zero-order valence-electron chi connectivity index (χ0n) is 9.84. The molecule has 0 nitrogen and oxygen atoms in total. The highest BCUT2D eigenvalue weighted by Crippen LogP contribution is 2.39. The van der Waals surface area contributed by atoms with Gasteiger partial charge in [0.15, 0.2) is 0 Å². The van der Waals surface area contributed by atoms with E-state index in [1.54, 1.807) is 0 Å². The molecule has 13 heavy (non-hydrogen) atoms. The molecule has 1 aliphatic rings. The minimum atomic E-state index is 0.866. The van der Waals surface area contributed by atoms with Gasteiger partial charge < -0.3 is 0 Å². The first-order chi connectivity index (χ1) is 6.16. The van der Waals surface area contributed by atoms with E-state index in [1.807, 2.05) is 0 Å². The predicted molar refractivity (Wildman–Crippen MR) is 59.7 cm³/mol. The van der Waals surface area contributed by atoms with Crippen LogP contribution in [0.2, 0.25) is 0 Å². The first-order valence-electron chi connectivity index (χ1n) is 6.16. The molecular weight excluding hydrogens is 156 g/mol. The largest absolute Gasteiger partial charge is 0.0651 e. The molecule has 0 spiro atoms. The van der Waals surface area contributed by atoms with E-state index in [0.717, 1.165) is 23.7 Å². The van der Waals surface area contributed by atoms with Gasteiger partial charge in [-0.2, -0.15) is 0 Å². The van der Waals surface area contributed by atoms with E-state index in [9.17, 15) is 0 Å². The van der Waals surface area contributed by atoms with Crippen molar-refractivity contribution in [2.45, 2.75) is 59.8 Å². The summed E-state index contributed by atoms with van der Waals surface area (Å²) in [6.45, 7) is 9.59. The van der Waals surface area contributed by atoms with E-state index in [2.05, 4.69) is 27.7 Å². The smallest absolute Gasteiger partial charge is 0.0360 e. The van der Waals surface area contributed by atoms with Crippen molar-refractivity contribution in [1.82, 2.24) is 0 Å². The lowest BCUT2D eigenvalue weighted by Crippen LogP contribution is -2.23. The van der Waals surface area contributed by atoms with Crippen LogP contribution in [0.5, 0.6) is 0 Å². The minimum absolute atomic E-state index is 0.866. The third-order valence-corrected chi connectivity index (χ3v) is 4.20. The van der Waals surface area contributed by atoms with Gasteiger partial charge in [-0.1, -0.05) is 59.8 Å². The second-order valence-corrected chi connectivity index (χ2v) is 5.22. The normalized spacial score (nSPS) is 23.8. The fourth-order valence-electron chi connectivity index (χ4n) is 3.01. The summed E-state index contributed by atoms with van der Waals surface area (Å²) in [5.74, 6) is 3.85. The lowest BCUT2D eigenvalue weighted by molar-refractivity contribution is 0.188. The van der Waals surface area contributed by atoms with Crippen LogP contribution >= 0.6 is 0 Å². The zero-order chi connectivity index (χ0) is 9.84. The lowest BCUT2D eigenvalue weighted by Gasteiger charge is -2.31. The van der Waals surface area contributed by atoms with Crippen LogP contribution in [0.15, 0.2) is 0 Å². The molecular formula is C13H26. The molecule has 1 saturated carbocycles. The summed E-state index contributed by atoms with van der Waals surface area (Å²) in [5, 5.41) is 0. The van der Waals surface area contributed by atoms with E-state index in [0.29, 0.717) is 0 Å². The van der Waals surface area contributed by atoms with Crippen molar-refractivity contribution in [3.8, 4) is 0 Å². The van der Waals surface area contributed by atoms with Crippen molar-refractivity contribution in [1.29, 1.82) is 0 Å². The summed E-state index contributed by atoms with van der Waals surface area (Å²) in [6.07, 6.45) is 7.40. The van der Waals surface area contributed by atoms with E-state index < -0.39 is 0 Å². The summed E-state index contributed by atoms with van der Waals surface area (Å²) in [7, 11) is 0. The van der Waals surface area contributed by atoms with E-state index in [1.165, 1.54) is 32.1 Å². The Hall–Kier alpha value is 0. The molecule has 0 bridgehead atoms. The number of hydrogen-bond donors (Lipinski definition) is 0. The Morgan fingerprint density at radius 2 is 1.62 bits per heavy atom. The minimum Gasteiger partial charge on any atom is -0.0651 e. The molecule has 0 radical (unpaired) electrons. The highest BCUT2D eigenvalue weighted by molar-refractivity contribution is 4.79. The van der Waals surface area contributed by atoms with Crippen molar-refractivity contribution in [2.75, 3.05) is 0 Å². The third kappa shape index (κ3) is 2.72. The second-order valence-electron chi connectivity index (χ2n) is 5.22. The monoisotopic (exact) mass is 182 g/mol. The van der Waals surface area contributed by atoms with Crippen molar-refractivity contribution in [3.63, 3.8) is 0 Å². The zero-order valence-corrected chi connectivity index (χ0v) is 9.84. The van der Waals surface area contributed by atoms with Gasteiger partial charge in [0.05, 0.1) is 0 Å². The summed E-state index contributed by atoms with van der Waals surface area (Å²) >= 11 is 0. The molecule has 0 heteroatoms. The molecule has 1 rings (SSSR count). The Kier molecular flexibility index (Phi) is 4.28. The average Bonchev–Trinajstić information content (AvgIpc) is 2.58. The molecule has 0 heterocycles. The maximum Gasteiger partial charge on any atom is -0.0360 e. The first kappa shape index (κ1) is 11.1. The fraction of sp³-hybridized carbons (Fsp3) is 1.00. The van der Waals surface area contributed by atoms with Gasteiger partial charge in [0.25, 0.3) is 0 Å². The molecule has 2 unspecified atom stereocenters. The fourth-order valence-corrected chi connectivity index (χ4v) is 3.01. The first-order valence-corrected chi connectivity index (χ1v) is 6.16. The molecule has 0 aromatic heterocycles. The second kappa shape index (κ2) is 5.02. The van der Waals surface area contributed by atoms with Gasteiger partial charge >= 0.3 is 0 Å². The highest BCUT2D eigenvalue weighted by atomic mass is 14.3. The number of rotatable bonds is 4. The van der Waals surface area contributed by atoms with Gasteiger partial charge in [-0.3, -0.25) is 0 Å². The van der Waals surface area contributed by atoms with Crippen molar-refractivity contribution in [2.24, 2.45) is 23.7 Å². The average molecular weight is 182 g/mol. The van der Waals surface area contributed by atoms with E-state index in [-0.39, 0.29) is 0 Å². The van der Waals surface area contributed by atoms with Crippen LogP contribution in [0.4, 0.5) is 0 Å². The Morgan fingerprint density at radius 1 is 1.08 bits per heavy atom. The van der Waals surface area contributed by atoms with Crippen molar-refractivity contribution < 1.29 is 0 Å². The van der Waals surface area contributed by atoms with E-state index >= 15 is 0 Å². The molecule has 1 fully saturated rings. The van der Waals surface area contributed by atoms with Gasteiger partial charge in [-0.05, 0) is 23.7 Å². The molecule has 0 aliphatic heterocycles. The van der Waals surface area contributed by atoms with Gasteiger partial charge in [-0.15, -0.1) is 0 Å². The molecule has 78 valence electrons. The molecule has 0 aromatic carbocycles. The topological polar surface area (TPSA) is 0 Å². The molecule has 0 saturated heterocycles. The quantitative estimate of drug-likeness (QED) is 0.600. The summed E-state index contributed by atoms with van der Waals surface area (Å²) in [5.41, 5.74) is 0. The molecule has 0 amide bonds. The van der Waals surface area contributed by atoms with Crippen LogP contribution in [0.1, 0.15) is 59.8 Å². The summed E-state index contributed by atoms with van der Waals surface area (Å²) in [4.78, 5) is 0. The van der Waals surface area contributed by atoms with Crippen molar-refractivity contribution >= 4 is 0 Å². The predicted octanol–water partition coefficient (Wildman–Crippen LogP) is 4.49. The summed E-state index contributed by atoms with van der Waals surface area (Å²) in [6, 6.07) is 0. The maximum atomic E-state index is 2.46. The van der Waals surface area contributed by atoms with Crippen LogP contribution in [-0.4, -0.2) is 0 Å². The van der Waals surface area contributed by atoms with Gasteiger partial charge in [0, 0.05) is 0 Å². The lowest BCUT2D eigenvalue weighted by atomic mass is 9.75. The van der Waals surface area contributed by atoms with Crippen LogP contribution in [-0.2, 0) is 0 Å². The number of hydrogen-bond acceptors (Lipinski definition) is 0. The highest BCUT2D eigenvalue weighted by Gasteiger charge is 2.28. The van der Waals surface area contributed by atoms with Gasteiger partial charge in [0.2, 0.25) is 0 Å². The Labute approximate surface area is 84.1 Å². The standard InChI is InChI=1S/C13H26/c1-5-13(11(4)10(2)3)12-8-6-7-9-12/h10-13H,5-9H2,1-4H3. The van der Waals surface area contributed by atoms with Crippen LogP contribution in [0, 0.1) is 23.7 Å². The molecule has 0 N–H and O–H groups in total. The molecule has 1 aliphatic carbocycles. The van der Waals surface area contributed by atoms with Crippen LogP contribution < -0.4 is 0 Å². The van der Waals surface area contributed by atoms with Crippen molar-refractivity contribution in [3.05, 3.63) is 0 Å². The Morgan fingerprint density at radius 3 is 2.00 bits per heavy atom. The van der Waals surface area contributed by atoms with Gasteiger partial charge in [0.1, 0.15) is 0 Å². The third-order valence-electron chi connectivity index (χ3n) is 4.20. The van der Waals surface area contributed by atoms with Gasteiger partial charge in [-0.25, -0.2) is 0 Å². The van der Waals surface area contributed by atoms with E-state index in [4.69, 9.17) is 0 Å². The summed E-state index contributed by atoms with van der Waals surface area (Å²) < 4.78 is 0. The SMILES string of the molecule is CCC(C1CCCC1)C(C)C(C)C. The molecule has 2 atom stereocenters.